The Labute approximate surface area is 74.1 Å². The van der Waals surface area contributed by atoms with Gasteiger partial charge in [-0.15, -0.1) is 0 Å². The summed E-state index contributed by atoms with van der Waals surface area (Å²) in [5, 5.41) is 8.52. The van der Waals surface area contributed by atoms with Gasteiger partial charge in [0.25, 0.3) is 0 Å². The van der Waals surface area contributed by atoms with E-state index in [1.165, 1.54) is 0 Å². The molecule has 0 fully saturated rings. The molecule has 3 nitrogen and oxygen atoms in total. The van der Waals surface area contributed by atoms with Crippen molar-refractivity contribution in [3.05, 3.63) is 0 Å². The topological polar surface area (TPSA) is 49.3 Å². The molecule has 12 heavy (non-hydrogen) atoms. The summed E-state index contributed by atoms with van der Waals surface area (Å²) in [6.07, 6.45) is 3.58. The molecule has 0 aliphatic rings. The third kappa shape index (κ3) is 2.81. The van der Waals surface area contributed by atoms with Crippen LogP contribution in [-0.4, -0.2) is 11.1 Å². The van der Waals surface area contributed by atoms with Crippen molar-refractivity contribution >= 4 is 5.91 Å². The summed E-state index contributed by atoms with van der Waals surface area (Å²) in [6.45, 7) is 5.97. The molecule has 0 aliphatic carbocycles. The van der Waals surface area contributed by atoms with Crippen LogP contribution in [0.1, 0.15) is 46.5 Å². The monoisotopic (exact) mass is 173 g/mol. The molecule has 0 aromatic rings. The molecule has 0 spiro atoms. The van der Waals surface area contributed by atoms with Crippen LogP contribution in [0.3, 0.4) is 0 Å². The highest BCUT2D eigenvalue weighted by Gasteiger charge is 2.30. The highest BCUT2D eigenvalue weighted by Crippen LogP contribution is 2.28. The number of rotatable bonds is 5. The van der Waals surface area contributed by atoms with Crippen molar-refractivity contribution in [1.29, 1.82) is 0 Å². The van der Waals surface area contributed by atoms with Gasteiger partial charge in [-0.3, -0.25) is 10.0 Å². The largest absolute Gasteiger partial charge is 0.289 e. The van der Waals surface area contributed by atoms with Crippen molar-refractivity contribution < 1.29 is 10.0 Å². The van der Waals surface area contributed by atoms with Crippen LogP contribution in [0.4, 0.5) is 0 Å². The van der Waals surface area contributed by atoms with Crippen LogP contribution in [0.2, 0.25) is 0 Å². The molecule has 0 aliphatic heterocycles. The number of amides is 1. The first-order chi connectivity index (χ1) is 5.60. The van der Waals surface area contributed by atoms with Gasteiger partial charge >= 0.3 is 0 Å². The van der Waals surface area contributed by atoms with Gasteiger partial charge in [-0.05, 0) is 12.8 Å². The summed E-state index contributed by atoms with van der Waals surface area (Å²) in [7, 11) is 0. The van der Waals surface area contributed by atoms with Gasteiger partial charge in [-0.25, -0.2) is 5.48 Å². The standard InChI is InChI=1S/C9H19NO2/c1-4-6-9(3,7-5-2)8(11)10-12/h12H,4-7H2,1-3H3,(H,10,11). The second-order valence-electron chi connectivity index (χ2n) is 3.50. The second-order valence-corrected chi connectivity index (χ2v) is 3.50. The van der Waals surface area contributed by atoms with Crippen molar-refractivity contribution in [1.82, 2.24) is 5.48 Å². The molecule has 3 heteroatoms. The van der Waals surface area contributed by atoms with Crippen LogP contribution < -0.4 is 5.48 Å². The molecular formula is C9H19NO2. The lowest BCUT2D eigenvalue weighted by molar-refractivity contribution is -0.139. The zero-order chi connectivity index (χ0) is 9.61. The Morgan fingerprint density at radius 3 is 2.00 bits per heavy atom. The Balaban J connectivity index is 4.26. The lowest BCUT2D eigenvalue weighted by Gasteiger charge is -2.25. The Kier molecular flexibility index (Phi) is 4.90. The molecule has 2 N–H and O–H groups in total. The predicted octanol–water partition coefficient (Wildman–Crippen LogP) is 2.10. The van der Waals surface area contributed by atoms with Crippen LogP contribution in [0.15, 0.2) is 0 Å². The van der Waals surface area contributed by atoms with Crippen molar-refractivity contribution in [3.8, 4) is 0 Å². The van der Waals surface area contributed by atoms with E-state index in [1.54, 1.807) is 5.48 Å². The molecule has 72 valence electrons. The van der Waals surface area contributed by atoms with E-state index < -0.39 is 5.41 Å². The van der Waals surface area contributed by atoms with Gasteiger partial charge in [0.05, 0.1) is 0 Å². The fourth-order valence-corrected chi connectivity index (χ4v) is 1.59. The molecule has 0 aromatic heterocycles. The maximum atomic E-state index is 11.3. The summed E-state index contributed by atoms with van der Waals surface area (Å²) in [5.74, 6) is -0.258. The fraction of sp³-hybridized carbons (Fsp3) is 0.889. The lowest BCUT2D eigenvalue weighted by atomic mass is 9.81. The zero-order valence-electron chi connectivity index (χ0n) is 8.18. The predicted molar refractivity (Wildman–Crippen MR) is 47.9 cm³/mol. The molecule has 0 radical (unpaired) electrons. The summed E-state index contributed by atoms with van der Waals surface area (Å²) in [5.41, 5.74) is 1.35. The molecule has 0 atom stereocenters. The molecule has 0 saturated carbocycles. The van der Waals surface area contributed by atoms with Crippen LogP contribution in [0.5, 0.6) is 0 Å². The first kappa shape index (κ1) is 11.4. The van der Waals surface area contributed by atoms with E-state index in [2.05, 4.69) is 0 Å². The fourth-order valence-electron chi connectivity index (χ4n) is 1.59. The molecule has 1 amide bonds. The third-order valence-corrected chi connectivity index (χ3v) is 2.25. The molecule has 0 saturated heterocycles. The van der Waals surface area contributed by atoms with Gasteiger partial charge in [0.2, 0.25) is 5.91 Å². The number of carbonyl (C=O) groups excluding carboxylic acids is 1. The normalized spacial score (nSPS) is 11.3. The van der Waals surface area contributed by atoms with E-state index in [-0.39, 0.29) is 5.91 Å². The van der Waals surface area contributed by atoms with Gasteiger partial charge in [-0.2, -0.15) is 0 Å². The Morgan fingerprint density at radius 1 is 1.33 bits per heavy atom. The van der Waals surface area contributed by atoms with Crippen molar-refractivity contribution in [2.45, 2.75) is 46.5 Å². The minimum atomic E-state index is -0.391. The van der Waals surface area contributed by atoms with Crippen LogP contribution in [0.25, 0.3) is 0 Å². The van der Waals surface area contributed by atoms with E-state index in [9.17, 15) is 4.79 Å². The maximum absolute atomic E-state index is 11.3. The van der Waals surface area contributed by atoms with Gasteiger partial charge < -0.3 is 0 Å². The Hall–Kier alpha value is -0.570. The van der Waals surface area contributed by atoms with Gasteiger partial charge in [-0.1, -0.05) is 33.6 Å². The molecule has 0 rings (SSSR count). The Morgan fingerprint density at radius 2 is 1.75 bits per heavy atom. The highest BCUT2D eigenvalue weighted by atomic mass is 16.5. The van der Waals surface area contributed by atoms with Crippen molar-refractivity contribution in [2.75, 3.05) is 0 Å². The van der Waals surface area contributed by atoms with Crippen LogP contribution in [-0.2, 0) is 4.79 Å². The number of carbonyl (C=O) groups is 1. The van der Waals surface area contributed by atoms with Crippen LogP contribution in [0, 0.1) is 5.41 Å². The molecular weight excluding hydrogens is 154 g/mol. The quantitative estimate of drug-likeness (QED) is 0.494. The SMILES string of the molecule is CCCC(C)(CCC)C(=O)NO. The smallest absolute Gasteiger partial charge is 0.249 e. The Bertz CT molecular complexity index is 139. The average molecular weight is 173 g/mol. The first-order valence-electron chi connectivity index (χ1n) is 4.55. The average Bonchev–Trinajstić information content (AvgIpc) is 2.04. The molecule has 0 aromatic carbocycles. The highest BCUT2D eigenvalue weighted by molar-refractivity contribution is 5.80. The van der Waals surface area contributed by atoms with Crippen molar-refractivity contribution in [3.63, 3.8) is 0 Å². The molecule has 0 heterocycles. The van der Waals surface area contributed by atoms with E-state index in [4.69, 9.17) is 5.21 Å². The maximum Gasteiger partial charge on any atom is 0.249 e. The molecule has 0 bridgehead atoms. The van der Waals surface area contributed by atoms with Crippen LogP contribution >= 0.6 is 0 Å². The van der Waals surface area contributed by atoms with E-state index in [0.717, 1.165) is 25.7 Å². The second kappa shape index (κ2) is 5.14. The van der Waals surface area contributed by atoms with Gasteiger partial charge in [0.1, 0.15) is 0 Å². The van der Waals surface area contributed by atoms with Crippen molar-refractivity contribution in [2.24, 2.45) is 5.41 Å². The molecule has 0 unspecified atom stereocenters. The minimum Gasteiger partial charge on any atom is -0.289 e. The summed E-state index contributed by atoms with van der Waals surface area (Å²) in [4.78, 5) is 11.3. The number of hydrogen-bond acceptors (Lipinski definition) is 2. The van der Waals surface area contributed by atoms with Gasteiger partial charge in [0.15, 0.2) is 0 Å². The third-order valence-electron chi connectivity index (χ3n) is 2.25. The number of nitrogens with one attached hydrogen (secondary N) is 1. The summed E-state index contributed by atoms with van der Waals surface area (Å²) in [6, 6.07) is 0. The van der Waals surface area contributed by atoms with E-state index in [0.29, 0.717) is 0 Å². The lowest BCUT2D eigenvalue weighted by Crippen LogP contribution is -2.37. The number of hydroxylamine groups is 1. The first-order valence-corrected chi connectivity index (χ1v) is 4.55. The van der Waals surface area contributed by atoms with E-state index >= 15 is 0 Å². The summed E-state index contributed by atoms with van der Waals surface area (Å²) < 4.78 is 0. The van der Waals surface area contributed by atoms with E-state index in [1.807, 2.05) is 20.8 Å². The van der Waals surface area contributed by atoms with Gasteiger partial charge in [0, 0.05) is 5.41 Å². The number of hydrogen-bond donors (Lipinski definition) is 2. The summed E-state index contributed by atoms with van der Waals surface area (Å²) >= 11 is 0. The zero-order valence-corrected chi connectivity index (χ0v) is 8.18. The minimum absolute atomic E-state index is 0.258.